The van der Waals surface area contributed by atoms with Crippen LogP contribution in [0.5, 0.6) is 0 Å². The molecule has 2 aliphatic heterocycles. The average molecular weight is 439 g/mol. The summed E-state index contributed by atoms with van der Waals surface area (Å²) in [4.78, 5) is 23.3. The number of carbonyl (C=O) groups excluding carboxylic acids is 1. The van der Waals surface area contributed by atoms with E-state index in [1.165, 1.54) is 18.9 Å². The van der Waals surface area contributed by atoms with Gasteiger partial charge in [-0.05, 0) is 44.4 Å². The highest BCUT2D eigenvalue weighted by Gasteiger charge is 2.51. The van der Waals surface area contributed by atoms with Crippen molar-refractivity contribution in [2.45, 2.75) is 32.2 Å². The van der Waals surface area contributed by atoms with E-state index < -0.39 is 0 Å². The second kappa shape index (κ2) is 8.70. The highest BCUT2D eigenvalue weighted by atomic mass is 19.1. The highest BCUT2D eigenvalue weighted by molar-refractivity contribution is 5.76. The number of hydrogen-bond donors (Lipinski definition) is 0. The number of pyridine rings is 1. The maximum atomic E-state index is 14.4. The molecule has 170 valence electrons. The summed E-state index contributed by atoms with van der Waals surface area (Å²) in [6.45, 7) is 7.69. The SMILES string of the molecule is CCOC(=O)N1CC2(CC[C@@H](N3CCN(c4ncccc4-c4ccccc4F)CC3)C2)C1. The van der Waals surface area contributed by atoms with Crippen molar-refractivity contribution in [1.29, 1.82) is 0 Å². The summed E-state index contributed by atoms with van der Waals surface area (Å²) >= 11 is 0. The van der Waals surface area contributed by atoms with Crippen LogP contribution < -0.4 is 4.90 Å². The third kappa shape index (κ3) is 3.94. The molecule has 3 heterocycles. The molecule has 1 saturated carbocycles. The van der Waals surface area contributed by atoms with Gasteiger partial charge in [0.25, 0.3) is 0 Å². The van der Waals surface area contributed by atoms with Gasteiger partial charge in [-0.15, -0.1) is 0 Å². The molecule has 0 radical (unpaired) electrons. The van der Waals surface area contributed by atoms with Gasteiger partial charge < -0.3 is 14.5 Å². The van der Waals surface area contributed by atoms with Crippen LogP contribution in [0.25, 0.3) is 11.1 Å². The van der Waals surface area contributed by atoms with Crippen molar-refractivity contribution in [3.63, 3.8) is 0 Å². The number of likely N-dealkylation sites (tertiary alicyclic amines) is 1. The molecule has 0 unspecified atom stereocenters. The third-order valence-corrected chi connectivity index (χ3v) is 7.34. The van der Waals surface area contributed by atoms with Crippen LogP contribution in [0.1, 0.15) is 26.2 Å². The number of anilines is 1. The van der Waals surface area contributed by atoms with Crippen molar-refractivity contribution in [1.82, 2.24) is 14.8 Å². The van der Waals surface area contributed by atoms with Gasteiger partial charge in [0.2, 0.25) is 0 Å². The van der Waals surface area contributed by atoms with E-state index in [1.807, 2.05) is 36.1 Å². The molecule has 1 aromatic heterocycles. The number of rotatable bonds is 4. The van der Waals surface area contributed by atoms with Crippen molar-refractivity contribution < 1.29 is 13.9 Å². The number of amides is 1. The molecule has 0 bridgehead atoms. The predicted octanol–water partition coefficient (Wildman–Crippen LogP) is 4.02. The van der Waals surface area contributed by atoms with Crippen LogP contribution in [0.3, 0.4) is 0 Å². The molecule has 2 saturated heterocycles. The number of benzene rings is 1. The fourth-order valence-electron chi connectivity index (χ4n) is 5.72. The molecular formula is C25H31FN4O2. The Kier molecular flexibility index (Phi) is 5.76. The summed E-state index contributed by atoms with van der Waals surface area (Å²) in [5.74, 6) is 0.651. The van der Waals surface area contributed by atoms with Crippen LogP contribution in [0.15, 0.2) is 42.6 Å². The van der Waals surface area contributed by atoms with Gasteiger partial charge in [-0.3, -0.25) is 4.90 Å². The fraction of sp³-hybridized carbons (Fsp3) is 0.520. The van der Waals surface area contributed by atoms with E-state index in [-0.39, 0.29) is 17.3 Å². The van der Waals surface area contributed by atoms with Gasteiger partial charge in [0.05, 0.1) is 6.61 Å². The van der Waals surface area contributed by atoms with E-state index in [0.717, 1.165) is 57.1 Å². The molecule has 32 heavy (non-hydrogen) atoms. The Morgan fingerprint density at radius 2 is 1.88 bits per heavy atom. The van der Waals surface area contributed by atoms with Crippen molar-refractivity contribution in [3.8, 4) is 11.1 Å². The van der Waals surface area contributed by atoms with Crippen LogP contribution in [0, 0.1) is 11.2 Å². The molecule has 3 aliphatic rings. The average Bonchev–Trinajstić information content (AvgIpc) is 3.25. The number of aromatic nitrogens is 1. The second-order valence-corrected chi connectivity index (χ2v) is 9.33. The normalized spacial score (nSPS) is 22.8. The maximum absolute atomic E-state index is 14.4. The van der Waals surface area contributed by atoms with Gasteiger partial charge in [0.1, 0.15) is 11.6 Å². The monoisotopic (exact) mass is 438 g/mol. The molecule has 1 spiro atoms. The zero-order valence-corrected chi connectivity index (χ0v) is 18.7. The van der Waals surface area contributed by atoms with E-state index in [9.17, 15) is 9.18 Å². The van der Waals surface area contributed by atoms with E-state index in [2.05, 4.69) is 14.8 Å². The van der Waals surface area contributed by atoms with E-state index >= 15 is 0 Å². The molecule has 0 N–H and O–H groups in total. The Labute approximate surface area is 189 Å². The predicted molar refractivity (Wildman–Crippen MR) is 122 cm³/mol. The number of halogens is 1. The first-order valence-corrected chi connectivity index (χ1v) is 11.7. The first-order chi connectivity index (χ1) is 15.6. The second-order valence-electron chi connectivity index (χ2n) is 9.33. The van der Waals surface area contributed by atoms with Crippen LogP contribution in [-0.4, -0.2) is 72.8 Å². The quantitative estimate of drug-likeness (QED) is 0.722. The Morgan fingerprint density at radius 1 is 1.12 bits per heavy atom. The molecular weight excluding hydrogens is 407 g/mol. The van der Waals surface area contributed by atoms with E-state index in [0.29, 0.717) is 18.2 Å². The standard InChI is InChI=1S/C25H31FN4O2/c1-2-32-24(31)30-17-25(18-30)10-9-19(16-25)28-12-14-29(15-13-28)23-21(7-5-11-27-23)20-6-3-4-8-22(20)26/h3-8,11,19H,2,9-10,12-18H2,1H3/t19-/m1/s1. The molecule has 7 heteroatoms. The summed E-state index contributed by atoms with van der Waals surface area (Å²) < 4.78 is 19.6. The van der Waals surface area contributed by atoms with Crippen LogP contribution in [0.2, 0.25) is 0 Å². The van der Waals surface area contributed by atoms with Gasteiger partial charge >= 0.3 is 6.09 Å². The van der Waals surface area contributed by atoms with Gasteiger partial charge in [0, 0.05) is 68.0 Å². The Morgan fingerprint density at radius 3 is 2.62 bits per heavy atom. The summed E-state index contributed by atoms with van der Waals surface area (Å²) in [7, 11) is 0. The Balaban J connectivity index is 1.20. The van der Waals surface area contributed by atoms with E-state index in [1.54, 1.807) is 12.3 Å². The molecule has 2 aromatic rings. The third-order valence-electron chi connectivity index (χ3n) is 7.34. The smallest absolute Gasteiger partial charge is 0.409 e. The molecule has 3 fully saturated rings. The molecule has 1 atom stereocenters. The Bertz CT molecular complexity index is 970. The number of hydrogen-bond acceptors (Lipinski definition) is 5. The molecule has 5 rings (SSSR count). The molecule has 6 nitrogen and oxygen atoms in total. The highest BCUT2D eigenvalue weighted by Crippen LogP contribution is 2.47. The first-order valence-electron chi connectivity index (χ1n) is 11.7. The lowest BCUT2D eigenvalue weighted by Crippen LogP contribution is -2.58. The minimum atomic E-state index is -0.214. The summed E-state index contributed by atoms with van der Waals surface area (Å²) in [5, 5.41) is 0. The summed E-state index contributed by atoms with van der Waals surface area (Å²) in [6.07, 6.45) is 5.16. The largest absolute Gasteiger partial charge is 0.450 e. The topological polar surface area (TPSA) is 48.9 Å². The van der Waals surface area contributed by atoms with Crippen molar-refractivity contribution in [2.75, 3.05) is 50.8 Å². The van der Waals surface area contributed by atoms with Crippen LogP contribution in [-0.2, 0) is 4.74 Å². The minimum Gasteiger partial charge on any atom is -0.450 e. The molecule has 1 aliphatic carbocycles. The minimum absolute atomic E-state index is 0.170. The number of ether oxygens (including phenoxy) is 1. The van der Waals surface area contributed by atoms with Crippen LogP contribution >= 0.6 is 0 Å². The number of carbonyl (C=O) groups is 1. The van der Waals surface area contributed by atoms with Crippen molar-refractivity contribution >= 4 is 11.9 Å². The zero-order chi connectivity index (χ0) is 22.1. The molecule has 1 aromatic carbocycles. The summed E-state index contributed by atoms with van der Waals surface area (Å²) in [6, 6.07) is 11.3. The Hall–Kier alpha value is -2.67. The van der Waals surface area contributed by atoms with Gasteiger partial charge in [-0.1, -0.05) is 18.2 Å². The van der Waals surface area contributed by atoms with Crippen LogP contribution in [0.4, 0.5) is 15.0 Å². The lowest BCUT2D eigenvalue weighted by molar-refractivity contribution is -0.00294. The fourth-order valence-corrected chi connectivity index (χ4v) is 5.72. The molecule has 1 amide bonds. The van der Waals surface area contributed by atoms with Gasteiger partial charge in [-0.2, -0.15) is 0 Å². The first kappa shape index (κ1) is 21.2. The van der Waals surface area contributed by atoms with E-state index in [4.69, 9.17) is 4.74 Å². The van der Waals surface area contributed by atoms with Crippen molar-refractivity contribution in [3.05, 3.63) is 48.4 Å². The number of piperazine rings is 1. The summed E-state index contributed by atoms with van der Waals surface area (Å²) in [5.41, 5.74) is 1.74. The zero-order valence-electron chi connectivity index (χ0n) is 18.7. The number of nitrogens with zero attached hydrogens (tertiary/aromatic N) is 4. The maximum Gasteiger partial charge on any atom is 0.409 e. The van der Waals surface area contributed by atoms with Gasteiger partial charge in [-0.25, -0.2) is 14.2 Å². The van der Waals surface area contributed by atoms with Gasteiger partial charge in [0.15, 0.2) is 0 Å². The lowest BCUT2D eigenvalue weighted by atomic mass is 9.78. The lowest BCUT2D eigenvalue weighted by Gasteiger charge is -2.48. The van der Waals surface area contributed by atoms with Crippen molar-refractivity contribution in [2.24, 2.45) is 5.41 Å².